The second kappa shape index (κ2) is 7.46. The van der Waals surface area contributed by atoms with Gasteiger partial charge in [0.25, 0.3) is 5.91 Å². The van der Waals surface area contributed by atoms with Crippen molar-refractivity contribution in [3.8, 4) is 0 Å². The van der Waals surface area contributed by atoms with E-state index >= 15 is 0 Å². The van der Waals surface area contributed by atoms with Gasteiger partial charge in [-0.15, -0.1) is 11.3 Å². The zero-order valence-corrected chi connectivity index (χ0v) is 16.8. The van der Waals surface area contributed by atoms with Gasteiger partial charge in [0.05, 0.1) is 4.90 Å². The summed E-state index contributed by atoms with van der Waals surface area (Å²) in [5, 5.41) is 6.71. The number of aromatic nitrogens is 1. The van der Waals surface area contributed by atoms with Crippen LogP contribution in [-0.2, 0) is 9.84 Å². The maximum absolute atomic E-state index is 12.7. The monoisotopic (exact) mass is 393 g/mol. The van der Waals surface area contributed by atoms with Gasteiger partial charge in [0.15, 0.2) is 15.0 Å². The molecular formula is C18H23N3O3S2. The van der Waals surface area contributed by atoms with E-state index in [0.29, 0.717) is 16.6 Å². The lowest BCUT2D eigenvalue weighted by Gasteiger charge is -2.20. The predicted octanol–water partition coefficient (Wildman–Crippen LogP) is 2.88. The van der Waals surface area contributed by atoms with E-state index in [1.54, 1.807) is 13.0 Å². The Kier molecular flexibility index (Phi) is 5.45. The molecule has 1 aromatic heterocycles. The molecule has 1 amide bonds. The molecule has 1 saturated heterocycles. The maximum Gasteiger partial charge on any atom is 0.257 e. The number of hydrogen-bond acceptors (Lipinski definition) is 6. The summed E-state index contributed by atoms with van der Waals surface area (Å²) in [6, 6.07) is 3.04. The third kappa shape index (κ3) is 4.13. The summed E-state index contributed by atoms with van der Waals surface area (Å²) in [7, 11) is -3.38. The number of aryl methyl sites for hydroxylation is 1. The van der Waals surface area contributed by atoms with Crippen LogP contribution in [0, 0.1) is 13.8 Å². The number of anilines is 1. The van der Waals surface area contributed by atoms with Gasteiger partial charge in [-0.2, -0.15) is 0 Å². The molecule has 0 bridgehead atoms. The molecular weight excluding hydrogens is 370 g/mol. The van der Waals surface area contributed by atoms with Crippen LogP contribution in [-0.4, -0.2) is 38.7 Å². The topological polar surface area (TPSA) is 88.2 Å². The van der Waals surface area contributed by atoms with Crippen molar-refractivity contribution in [3.63, 3.8) is 0 Å². The van der Waals surface area contributed by atoms with Crippen LogP contribution in [0.3, 0.4) is 0 Å². The van der Waals surface area contributed by atoms with Gasteiger partial charge in [-0.3, -0.25) is 10.1 Å². The maximum atomic E-state index is 12.7. The van der Waals surface area contributed by atoms with E-state index in [4.69, 9.17) is 0 Å². The molecule has 1 aliphatic rings. The minimum Gasteiger partial charge on any atom is -0.317 e. The van der Waals surface area contributed by atoms with Crippen molar-refractivity contribution < 1.29 is 13.2 Å². The third-order valence-corrected chi connectivity index (χ3v) is 6.97. The van der Waals surface area contributed by atoms with E-state index in [1.165, 1.54) is 22.3 Å². The molecule has 1 fully saturated rings. The normalized spacial score (nSPS) is 15.8. The molecule has 3 rings (SSSR count). The quantitative estimate of drug-likeness (QED) is 0.834. The van der Waals surface area contributed by atoms with E-state index in [-0.39, 0.29) is 10.8 Å². The molecule has 2 N–H and O–H groups in total. The molecule has 0 aliphatic carbocycles. The Hall–Kier alpha value is -1.77. The number of sulfone groups is 1. The fourth-order valence-electron chi connectivity index (χ4n) is 3.08. The Balaban J connectivity index is 1.82. The summed E-state index contributed by atoms with van der Waals surface area (Å²) in [6.45, 7) is 5.63. The smallest absolute Gasteiger partial charge is 0.257 e. The number of carbonyl (C=O) groups is 1. The highest BCUT2D eigenvalue weighted by molar-refractivity contribution is 7.90. The van der Waals surface area contributed by atoms with Gasteiger partial charge in [-0.1, -0.05) is 0 Å². The lowest BCUT2D eigenvalue weighted by Crippen LogP contribution is -2.26. The van der Waals surface area contributed by atoms with E-state index in [2.05, 4.69) is 15.6 Å². The molecule has 26 heavy (non-hydrogen) atoms. The Labute approximate surface area is 158 Å². The summed E-state index contributed by atoms with van der Waals surface area (Å²) in [4.78, 5) is 18.4. The summed E-state index contributed by atoms with van der Waals surface area (Å²) >= 11 is 1.49. The number of hydrogen-bond donors (Lipinski definition) is 2. The van der Waals surface area contributed by atoms with Crippen LogP contribution in [0.5, 0.6) is 0 Å². The van der Waals surface area contributed by atoms with Crippen LogP contribution in [0.4, 0.5) is 5.13 Å². The molecule has 0 unspecified atom stereocenters. The largest absolute Gasteiger partial charge is 0.317 e. The standard InChI is InChI=1S/C18H23N3O3S2/c1-11-8-14(26(3,23)24)9-15(12(11)2)17(22)21-18-20-10-16(25-18)13-4-6-19-7-5-13/h8-10,13,19H,4-7H2,1-3H3,(H,20,21,22). The van der Waals surface area contributed by atoms with E-state index in [1.807, 2.05) is 13.1 Å². The zero-order chi connectivity index (χ0) is 18.9. The van der Waals surface area contributed by atoms with Gasteiger partial charge in [0.2, 0.25) is 0 Å². The number of carbonyl (C=O) groups excluding carboxylic acids is 1. The molecule has 6 nitrogen and oxygen atoms in total. The second-order valence-corrected chi connectivity index (χ2v) is 9.81. The van der Waals surface area contributed by atoms with E-state index < -0.39 is 9.84 Å². The first-order valence-corrected chi connectivity index (χ1v) is 11.3. The van der Waals surface area contributed by atoms with E-state index in [9.17, 15) is 13.2 Å². The SMILES string of the molecule is Cc1cc(S(C)(=O)=O)cc(C(=O)Nc2ncc(C3CCNCC3)s2)c1C. The number of thiazole rings is 1. The average Bonchev–Trinajstić information content (AvgIpc) is 3.05. The predicted molar refractivity (Wildman–Crippen MR) is 104 cm³/mol. The molecule has 2 heterocycles. The summed E-state index contributed by atoms with van der Waals surface area (Å²) < 4.78 is 23.7. The van der Waals surface area contributed by atoms with Crippen molar-refractivity contribution in [2.45, 2.75) is 37.5 Å². The zero-order valence-electron chi connectivity index (χ0n) is 15.1. The highest BCUT2D eigenvalue weighted by atomic mass is 32.2. The van der Waals surface area contributed by atoms with Crippen molar-refractivity contribution in [2.75, 3.05) is 24.7 Å². The minimum absolute atomic E-state index is 0.153. The Morgan fingerprint density at radius 1 is 1.27 bits per heavy atom. The van der Waals surface area contributed by atoms with Gasteiger partial charge < -0.3 is 5.32 Å². The highest BCUT2D eigenvalue weighted by Gasteiger charge is 2.20. The first-order valence-electron chi connectivity index (χ1n) is 8.55. The molecule has 1 aromatic carbocycles. The number of nitrogens with zero attached hydrogens (tertiary/aromatic N) is 1. The van der Waals surface area contributed by atoms with Crippen LogP contribution in [0.15, 0.2) is 23.2 Å². The fraction of sp³-hybridized carbons (Fsp3) is 0.444. The fourth-order valence-corrected chi connectivity index (χ4v) is 4.78. The van der Waals surface area contributed by atoms with Crippen molar-refractivity contribution in [1.29, 1.82) is 0 Å². The molecule has 0 atom stereocenters. The van der Waals surface area contributed by atoms with Gasteiger partial charge in [0, 0.05) is 22.9 Å². The lowest BCUT2D eigenvalue weighted by molar-refractivity contribution is 0.102. The summed E-state index contributed by atoms with van der Waals surface area (Å²) in [5.74, 6) is 0.152. The third-order valence-electron chi connectivity index (χ3n) is 4.80. The van der Waals surface area contributed by atoms with Crippen LogP contribution in [0.2, 0.25) is 0 Å². The van der Waals surface area contributed by atoms with Crippen LogP contribution in [0.1, 0.15) is 45.1 Å². The highest BCUT2D eigenvalue weighted by Crippen LogP contribution is 2.32. The van der Waals surface area contributed by atoms with Gasteiger partial charge in [0.1, 0.15) is 0 Å². The van der Waals surface area contributed by atoms with Gasteiger partial charge in [-0.05, 0) is 69.0 Å². The van der Waals surface area contributed by atoms with Gasteiger partial charge >= 0.3 is 0 Å². The second-order valence-electron chi connectivity index (χ2n) is 6.73. The molecule has 0 saturated carbocycles. The van der Waals surface area contributed by atoms with Crippen LogP contribution >= 0.6 is 11.3 Å². The van der Waals surface area contributed by atoms with Gasteiger partial charge in [-0.25, -0.2) is 13.4 Å². The number of benzene rings is 1. The van der Waals surface area contributed by atoms with E-state index in [0.717, 1.165) is 43.3 Å². The Morgan fingerprint density at radius 3 is 2.62 bits per heavy atom. The number of rotatable bonds is 4. The summed E-state index contributed by atoms with van der Waals surface area (Å²) in [6.07, 6.45) is 5.13. The van der Waals surface area contributed by atoms with Crippen LogP contribution < -0.4 is 10.6 Å². The molecule has 2 aromatic rings. The summed E-state index contributed by atoms with van der Waals surface area (Å²) in [5.41, 5.74) is 1.90. The number of amides is 1. The van der Waals surface area contributed by atoms with Crippen molar-refractivity contribution >= 4 is 32.2 Å². The van der Waals surface area contributed by atoms with Crippen LogP contribution in [0.25, 0.3) is 0 Å². The minimum atomic E-state index is -3.38. The first-order chi connectivity index (χ1) is 12.3. The number of piperidine rings is 1. The lowest BCUT2D eigenvalue weighted by atomic mass is 9.97. The van der Waals surface area contributed by atoms with Crippen molar-refractivity contribution in [1.82, 2.24) is 10.3 Å². The van der Waals surface area contributed by atoms with Crippen molar-refractivity contribution in [2.24, 2.45) is 0 Å². The average molecular weight is 394 g/mol. The molecule has 0 spiro atoms. The molecule has 0 radical (unpaired) electrons. The molecule has 8 heteroatoms. The first kappa shape index (κ1) is 19.0. The number of nitrogens with one attached hydrogen (secondary N) is 2. The Bertz CT molecular complexity index is 929. The molecule has 140 valence electrons. The molecule has 1 aliphatic heterocycles. The Morgan fingerprint density at radius 2 is 1.96 bits per heavy atom. The van der Waals surface area contributed by atoms with Crippen molar-refractivity contribution in [3.05, 3.63) is 39.9 Å².